The van der Waals surface area contributed by atoms with E-state index in [1.807, 2.05) is 37.3 Å². The SMILES string of the molecule is CCN(Cc1ccccc1)C(=O)c1cncc(C(=O)Nc2ccc(OC)cc2)c1. The lowest BCUT2D eigenvalue weighted by molar-refractivity contribution is 0.0752. The molecule has 148 valence electrons. The zero-order chi connectivity index (χ0) is 20.6. The maximum absolute atomic E-state index is 12.9. The normalized spacial score (nSPS) is 10.3. The van der Waals surface area contributed by atoms with Gasteiger partial charge in [0, 0.05) is 31.2 Å². The Balaban J connectivity index is 1.73. The zero-order valence-electron chi connectivity index (χ0n) is 16.5. The molecule has 0 spiro atoms. The van der Waals surface area contributed by atoms with Gasteiger partial charge in [0.1, 0.15) is 5.75 Å². The van der Waals surface area contributed by atoms with Crippen LogP contribution in [-0.2, 0) is 6.54 Å². The number of pyridine rings is 1. The van der Waals surface area contributed by atoms with Gasteiger partial charge in [-0.2, -0.15) is 0 Å². The van der Waals surface area contributed by atoms with Crippen molar-refractivity contribution in [3.05, 3.63) is 89.7 Å². The number of carbonyl (C=O) groups is 2. The number of amides is 2. The van der Waals surface area contributed by atoms with Gasteiger partial charge in [0.15, 0.2) is 0 Å². The average molecular weight is 389 g/mol. The molecule has 1 N–H and O–H groups in total. The molecule has 6 nitrogen and oxygen atoms in total. The third-order valence-electron chi connectivity index (χ3n) is 4.48. The smallest absolute Gasteiger partial charge is 0.257 e. The minimum Gasteiger partial charge on any atom is -0.497 e. The van der Waals surface area contributed by atoms with Crippen LogP contribution < -0.4 is 10.1 Å². The minimum absolute atomic E-state index is 0.164. The van der Waals surface area contributed by atoms with Crippen LogP contribution in [0.15, 0.2) is 73.1 Å². The van der Waals surface area contributed by atoms with Crippen LogP contribution >= 0.6 is 0 Å². The summed E-state index contributed by atoms with van der Waals surface area (Å²) in [4.78, 5) is 31.3. The van der Waals surface area contributed by atoms with Crippen molar-refractivity contribution >= 4 is 17.5 Å². The molecule has 1 aromatic heterocycles. The average Bonchev–Trinajstić information content (AvgIpc) is 2.78. The van der Waals surface area contributed by atoms with E-state index in [4.69, 9.17) is 4.74 Å². The highest BCUT2D eigenvalue weighted by atomic mass is 16.5. The fourth-order valence-corrected chi connectivity index (χ4v) is 2.87. The third kappa shape index (κ3) is 5.19. The largest absolute Gasteiger partial charge is 0.497 e. The number of methoxy groups -OCH3 is 1. The molecule has 6 heteroatoms. The Kier molecular flexibility index (Phi) is 6.58. The van der Waals surface area contributed by atoms with Crippen LogP contribution in [0.3, 0.4) is 0 Å². The van der Waals surface area contributed by atoms with Crippen LogP contribution in [0.2, 0.25) is 0 Å². The molecule has 0 atom stereocenters. The van der Waals surface area contributed by atoms with Crippen LogP contribution in [0.4, 0.5) is 5.69 Å². The maximum atomic E-state index is 12.9. The van der Waals surface area contributed by atoms with Gasteiger partial charge in [0.25, 0.3) is 11.8 Å². The fourth-order valence-electron chi connectivity index (χ4n) is 2.87. The summed E-state index contributed by atoms with van der Waals surface area (Å²) < 4.78 is 5.11. The summed E-state index contributed by atoms with van der Waals surface area (Å²) in [6.07, 6.45) is 2.93. The number of aromatic nitrogens is 1. The lowest BCUT2D eigenvalue weighted by Crippen LogP contribution is -2.30. The number of benzene rings is 2. The first-order valence-electron chi connectivity index (χ1n) is 9.34. The molecule has 0 radical (unpaired) electrons. The van der Waals surface area contributed by atoms with E-state index in [0.29, 0.717) is 35.7 Å². The van der Waals surface area contributed by atoms with Gasteiger partial charge in [-0.3, -0.25) is 14.6 Å². The second-order valence-electron chi connectivity index (χ2n) is 6.45. The van der Waals surface area contributed by atoms with Crippen molar-refractivity contribution in [1.29, 1.82) is 0 Å². The molecular formula is C23H23N3O3. The fraction of sp³-hybridized carbons (Fsp3) is 0.174. The van der Waals surface area contributed by atoms with E-state index in [-0.39, 0.29) is 11.8 Å². The molecule has 2 amide bonds. The molecule has 0 saturated heterocycles. The number of nitrogens with zero attached hydrogens (tertiary/aromatic N) is 2. The summed E-state index contributed by atoms with van der Waals surface area (Å²) in [6, 6.07) is 18.4. The second-order valence-corrected chi connectivity index (χ2v) is 6.45. The molecule has 0 unspecified atom stereocenters. The highest BCUT2D eigenvalue weighted by Gasteiger charge is 2.17. The number of nitrogens with one attached hydrogen (secondary N) is 1. The zero-order valence-corrected chi connectivity index (χ0v) is 16.5. The van der Waals surface area contributed by atoms with Gasteiger partial charge < -0.3 is 15.0 Å². The van der Waals surface area contributed by atoms with Crippen molar-refractivity contribution in [2.75, 3.05) is 19.0 Å². The van der Waals surface area contributed by atoms with E-state index in [2.05, 4.69) is 10.3 Å². The van der Waals surface area contributed by atoms with E-state index >= 15 is 0 Å². The molecule has 29 heavy (non-hydrogen) atoms. The van der Waals surface area contributed by atoms with Gasteiger partial charge in [-0.15, -0.1) is 0 Å². The summed E-state index contributed by atoms with van der Waals surface area (Å²) in [5.74, 6) is 0.210. The maximum Gasteiger partial charge on any atom is 0.257 e. The van der Waals surface area contributed by atoms with Crippen molar-refractivity contribution in [3.8, 4) is 5.75 Å². The van der Waals surface area contributed by atoms with Gasteiger partial charge in [-0.05, 0) is 42.8 Å². The van der Waals surface area contributed by atoms with Gasteiger partial charge in [0.05, 0.1) is 18.2 Å². The summed E-state index contributed by atoms with van der Waals surface area (Å²) in [6.45, 7) is 2.98. The molecule has 1 heterocycles. The molecular weight excluding hydrogens is 366 g/mol. The predicted molar refractivity (Wildman–Crippen MR) is 112 cm³/mol. The lowest BCUT2D eigenvalue weighted by atomic mass is 10.1. The Bertz CT molecular complexity index is 972. The monoisotopic (exact) mass is 389 g/mol. The minimum atomic E-state index is -0.330. The van der Waals surface area contributed by atoms with E-state index in [0.717, 1.165) is 5.56 Å². The molecule has 3 rings (SSSR count). The van der Waals surface area contributed by atoms with Crippen LogP contribution in [0.5, 0.6) is 5.75 Å². The molecule has 0 fully saturated rings. The van der Waals surface area contributed by atoms with Crippen LogP contribution in [-0.4, -0.2) is 35.4 Å². The summed E-state index contributed by atoms with van der Waals surface area (Å²) in [5, 5.41) is 2.80. The number of ether oxygens (including phenoxy) is 1. The molecule has 0 bridgehead atoms. The van der Waals surface area contributed by atoms with Crippen LogP contribution in [0.1, 0.15) is 33.2 Å². The van der Waals surface area contributed by atoms with Crippen molar-refractivity contribution in [1.82, 2.24) is 9.88 Å². The highest BCUT2D eigenvalue weighted by Crippen LogP contribution is 2.16. The van der Waals surface area contributed by atoms with Gasteiger partial charge in [0.2, 0.25) is 0 Å². The molecule has 2 aromatic carbocycles. The first-order valence-corrected chi connectivity index (χ1v) is 9.34. The highest BCUT2D eigenvalue weighted by molar-refractivity contribution is 6.05. The van der Waals surface area contributed by atoms with Gasteiger partial charge in [-0.25, -0.2) is 0 Å². The predicted octanol–water partition coefficient (Wildman–Crippen LogP) is 4.00. The third-order valence-corrected chi connectivity index (χ3v) is 4.48. The summed E-state index contributed by atoms with van der Waals surface area (Å²) in [5.41, 5.74) is 2.38. The molecule has 0 saturated carbocycles. The number of carbonyl (C=O) groups excluding carboxylic acids is 2. The Hall–Kier alpha value is -3.67. The number of rotatable bonds is 7. The van der Waals surface area contributed by atoms with Crippen LogP contribution in [0.25, 0.3) is 0 Å². The van der Waals surface area contributed by atoms with Gasteiger partial charge >= 0.3 is 0 Å². The van der Waals surface area contributed by atoms with E-state index < -0.39 is 0 Å². The van der Waals surface area contributed by atoms with Gasteiger partial charge in [-0.1, -0.05) is 30.3 Å². The summed E-state index contributed by atoms with van der Waals surface area (Å²) >= 11 is 0. The van der Waals surface area contributed by atoms with E-state index in [1.165, 1.54) is 12.4 Å². The number of hydrogen-bond acceptors (Lipinski definition) is 4. The molecule has 0 aliphatic heterocycles. The van der Waals surface area contributed by atoms with Crippen molar-refractivity contribution in [2.24, 2.45) is 0 Å². The first-order chi connectivity index (χ1) is 14.1. The Morgan fingerprint density at radius 3 is 2.34 bits per heavy atom. The second kappa shape index (κ2) is 9.50. The number of anilines is 1. The first kappa shape index (κ1) is 20.1. The standard InChI is InChI=1S/C23H23N3O3/c1-3-26(16-17-7-5-4-6-8-17)23(28)19-13-18(14-24-15-19)22(27)25-20-9-11-21(29-2)12-10-20/h4-15H,3,16H2,1-2H3,(H,25,27). The topological polar surface area (TPSA) is 71.5 Å². The van der Waals surface area contributed by atoms with Crippen molar-refractivity contribution in [2.45, 2.75) is 13.5 Å². The van der Waals surface area contributed by atoms with Crippen LogP contribution in [0, 0.1) is 0 Å². The lowest BCUT2D eigenvalue weighted by Gasteiger charge is -2.21. The van der Waals surface area contributed by atoms with E-state index in [1.54, 1.807) is 42.3 Å². The Morgan fingerprint density at radius 1 is 1.00 bits per heavy atom. The molecule has 3 aromatic rings. The Morgan fingerprint density at radius 2 is 1.69 bits per heavy atom. The number of hydrogen-bond donors (Lipinski definition) is 1. The Labute approximate surface area is 170 Å². The van der Waals surface area contributed by atoms with E-state index in [9.17, 15) is 9.59 Å². The van der Waals surface area contributed by atoms with Crippen molar-refractivity contribution < 1.29 is 14.3 Å². The molecule has 0 aliphatic carbocycles. The summed E-state index contributed by atoms with van der Waals surface area (Å²) in [7, 11) is 1.58. The van der Waals surface area contributed by atoms with Crippen molar-refractivity contribution in [3.63, 3.8) is 0 Å². The molecule has 0 aliphatic rings. The quantitative estimate of drug-likeness (QED) is 0.663.